The highest BCUT2D eigenvalue weighted by Crippen LogP contribution is 2.76. The summed E-state index contributed by atoms with van der Waals surface area (Å²) in [5.74, 6) is 2.94. The van der Waals surface area contributed by atoms with Crippen molar-refractivity contribution in [1.29, 1.82) is 0 Å². The maximum absolute atomic E-state index is 10.9. The molecule has 0 spiro atoms. The van der Waals surface area contributed by atoms with Crippen molar-refractivity contribution >= 4 is 0 Å². The summed E-state index contributed by atoms with van der Waals surface area (Å²) in [5, 5.41) is 10.9. The molecular formula is C30H48O. The van der Waals surface area contributed by atoms with Crippen LogP contribution in [0, 0.1) is 50.7 Å². The Balaban J connectivity index is 1.60. The van der Waals surface area contributed by atoms with Crippen LogP contribution in [0.3, 0.4) is 0 Å². The van der Waals surface area contributed by atoms with Gasteiger partial charge in [-0.05, 0) is 115 Å². The van der Waals surface area contributed by atoms with Crippen LogP contribution in [0.1, 0.15) is 106 Å². The molecule has 4 fully saturated rings. The standard InChI is InChI=1S/C30H48O/c1-19(2)20-11-14-27(5)17-18-29(7)21(25(20)27)9-10-23-28(6)15-13-24(31)26(3,4)22(28)12-16-30(23,29)8/h10,20-22,24-25,31H,1,9,11-18H2,2-8H3. The number of hydrogen-bond acceptors (Lipinski definition) is 1. The first-order valence-corrected chi connectivity index (χ1v) is 13.4. The van der Waals surface area contributed by atoms with E-state index in [1.165, 1.54) is 56.9 Å². The van der Waals surface area contributed by atoms with E-state index in [4.69, 9.17) is 0 Å². The minimum Gasteiger partial charge on any atom is -0.393 e. The van der Waals surface area contributed by atoms with Crippen molar-refractivity contribution in [2.75, 3.05) is 0 Å². The van der Waals surface area contributed by atoms with Gasteiger partial charge >= 0.3 is 0 Å². The highest BCUT2D eigenvalue weighted by atomic mass is 16.3. The molecule has 174 valence electrons. The van der Waals surface area contributed by atoms with Crippen LogP contribution in [-0.4, -0.2) is 11.2 Å². The van der Waals surface area contributed by atoms with Gasteiger partial charge in [0, 0.05) is 0 Å². The molecule has 5 rings (SSSR count). The Morgan fingerprint density at radius 2 is 1.65 bits per heavy atom. The Kier molecular flexibility index (Phi) is 4.68. The molecule has 0 aromatic rings. The fraction of sp³-hybridized carbons (Fsp3) is 0.867. The third kappa shape index (κ3) is 2.59. The smallest absolute Gasteiger partial charge is 0.0594 e. The predicted octanol–water partition coefficient (Wildman–Crippen LogP) is 7.94. The minimum atomic E-state index is -0.146. The number of rotatable bonds is 1. The summed E-state index contributed by atoms with van der Waals surface area (Å²) in [7, 11) is 0. The third-order valence-electron chi connectivity index (χ3n) is 12.8. The first-order chi connectivity index (χ1) is 14.3. The topological polar surface area (TPSA) is 20.2 Å². The summed E-state index contributed by atoms with van der Waals surface area (Å²) in [6.07, 6.45) is 14.2. The maximum atomic E-state index is 10.9. The number of aliphatic hydroxyl groups excluding tert-OH is 1. The van der Waals surface area contributed by atoms with Gasteiger partial charge in [0.05, 0.1) is 6.10 Å². The van der Waals surface area contributed by atoms with Gasteiger partial charge in [-0.2, -0.15) is 0 Å². The van der Waals surface area contributed by atoms with E-state index in [9.17, 15) is 5.11 Å². The zero-order valence-electron chi connectivity index (χ0n) is 21.5. The van der Waals surface area contributed by atoms with E-state index >= 15 is 0 Å². The van der Waals surface area contributed by atoms with E-state index in [1.54, 1.807) is 5.57 Å². The van der Waals surface area contributed by atoms with Crippen LogP contribution < -0.4 is 0 Å². The molecule has 1 nitrogen and oxygen atoms in total. The van der Waals surface area contributed by atoms with Crippen LogP contribution in [0.25, 0.3) is 0 Å². The molecule has 0 aliphatic heterocycles. The molecule has 5 aliphatic rings. The van der Waals surface area contributed by atoms with Crippen LogP contribution in [0.15, 0.2) is 23.8 Å². The van der Waals surface area contributed by atoms with Crippen molar-refractivity contribution in [3.05, 3.63) is 23.8 Å². The van der Waals surface area contributed by atoms with Gasteiger partial charge < -0.3 is 5.11 Å². The highest BCUT2D eigenvalue weighted by Gasteiger charge is 2.68. The van der Waals surface area contributed by atoms with Crippen LogP contribution in [-0.2, 0) is 0 Å². The molecule has 5 aliphatic carbocycles. The summed E-state index contributed by atoms with van der Waals surface area (Å²) in [6, 6.07) is 0. The molecule has 1 N–H and O–H groups in total. The second kappa shape index (κ2) is 6.52. The van der Waals surface area contributed by atoms with Gasteiger partial charge in [-0.25, -0.2) is 0 Å². The van der Waals surface area contributed by atoms with Gasteiger partial charge in [0.2, 0.25) is 0 Å². The molecule has 1 heteroatoms. The molecule has 0 bridgehead atoms. The number of hydrogen-bond donors (Lipinski definition) is 1. The lowest BCUT2D eigenvalue weighted by atomic mass is 9.35. The lowest BCUT2D eigenvalue weighted by molar-refractivity contribution is -0.156. The first-order valence-electron chi connectivity index (χ1n) is 13.4. The summed E-state index contributed by atoms with van der Waals surface area (Å²) >= 11 is 0. The average molecular weight is 425 g/mol. The van der Waals surface area contributed by atoms with Crippen molar-refractivity contribution in [2.45, 2.75) is 112 Å². The van der Waals surface area contributed by atoms with Gasteiger partial charge in [-0.1, -0.05) is 65.3 Å². The second-order valence-corrected chi connectivity index (χ2v) is 14.3. The van der Waals surface area contributed by atoms with Crippen LogP contribution in [0.4, 0.5) is 0 Å². The van der Waals surface area contributed by atoms with Gasteiger partial charge in [0.1, 0.15) is 0 Å². The Morgan fingerprint density at radius 1 is 0.935 bits per heavy atom. The first kappa shape index (κ1) is 22.2. The lowest BCUT2D eigenvalue weighted by Crippen LogP contribution is -2.62. The van der Waals surface area contributed by atoms with Gasteiger partial charge in [0.15, 0.2) is 0 Å². The predicted molar refractivity (Wildman–Crippen MR) is 131 cm³/mol. The quantitative estimate of drug-likeness (QED) is 0.423. The maximum Gasteiger partial charge on any atom is 0.0594 e. The Labute approximate surface area is 192 Å². The third-order valence-corrected chi connectivity index (χ3v) is 12.8. The number of aliphatic hydroxyl groups is 1. The van der Waals surface area contributed by atoms with Crippen molar-refractivity contribution in [3.63, 3.8) is 0 Å². The summed E-state index contributed by atoms with van der Waals surface area (Å²) in [4.78, 5) is 0. The monoisotopic (exact) mass is 424 g/mol. The van der Waals surface area contributed by atoms with Gasteiger partial charge in [-0.3, -0.25) is 0 Å². The zero-order chi connectivity index (χ0) is 22.6. The molecule has 0 aromatic carbocycles. The van der Waals surface area contributed by atoms with Crippen molar-refractivity contribution in [1.82, 2.24) is 0 Å². The van der Waals surface area contributed by atoms with Gasteiger partial charge in [-0.15, -0.1) is 0 Å². The number of fused-ring (bicyclic) bond motifs is 7. The van der Waals surface area contributed by atoms with Crippen molar-refractivity contribution in [2.24, 2.45) is 50.7 Å². The summed E-state index contributed by atoms with van der Waals surface area (Å²) < 4.78 is 0. The fourth-order valence-electron chi connectivity index (χ4n) is 10.7. The fourth-order valence-corrected chi connectivity index (χ4v) is 10.7. The van der Waals surface area contributed by atoms with E-state index in [0.29, 0.717) is 22.2 Å². The molecule has 0 amide bonds. The summed E-state index contributed by atoms with van der Waals surface area (Å²) in [5.41, 5.74) is 4.74. The van der Waals surface area contributed by atoms with E-state index < -0.39 is 0 Å². The Bertz CT molecular complexity index is 820. The van der Waals surface area contributed by atoms with E-state index in [-0.39, 0.29) is 16.9 Å². The Hall–Kier alpha value is -0.560. The molecular weight excluding hydrogens is 376 g/mol. The molecule has 0 saturated heterocycles. The van der Waals surface area contributed by atoms with E-state index in [1.807, 2.05) is 0 Å². The zero-order valence-corrected chi connectivity index (χ0v) is 21.5. The average Bonchev–Trinajstić information content (AvgIpc) is 3.04. The van der Waals surface area contributed by atoms with Gasteiger partial charge in [0.25, 0.3) is 0 Å². The lowest BCUT2D eigenvalue weighted by Gasteiger charge is -2.69. The molecule has 31 heavy (non-hydrogen) atoms. The van der Waals surface area contributed by atoms with Crippen molar-refractivity contribution in [3.8, 4) is 0 Å². The second-order valence-electron chi connectivity index (χ2n) is 14.3. The SMILES string of the molecule is C=C(C)C1CCC2(C)CCC3(C)C(CC=C4C5(C)CCC(O)C(C)(C)C5CCC43C)C12. The van der Waals surface area contributed by atoms with Crippen LogP contribution in [0.5, 0.6) is 0 Å². The molecule has 0 aromatic heterocycles. The molecule has 4 saturated carbocycles. The van der Waals surface area contributed by atoms with Crippen LogP contribution >= 0.6 is 0 Å². The Morgan fingerprint density at radius 3 is 2.32 bits per heavy atom. The molecule has 9 atom stereocenters. The molecule has 0 radical (unpaired) electrons. The van der Waals surface area contributed by atoms with E-state index in [0.717, 1.165) is 24.2 Å². The van der Waals surface area contributed by atoms with Crippen molar-refractivity contribution < 1.29 is 5.11 Å². The van der Waals surface area contributed by atoms with E-state index in [2.05, 4.69) is 61.1 Å². The van der Waals surface area contributed by atoms with Crippen LogP contribution in [0.2, 0.25) is 0 Å². The largest absolute Gasteiger partial charge is 0.393 e. The highest BCUT2D eigenvalue weighted by molar-refractivity contribution is 5.36. The molecule has 0 heterocycles. The number of allylic oxidation sites excluding steroid dienone is 3. The molecule has 9 unspecified atom stereocenters. The summed E-state index contributed by atoms with van der Waals surface area (Å²) in [6.45, 7) is 22.0. The normalized spacial score (nSPS) is 55.4. The minimum absolute atomic E-state index is 0.0224.